The number of carbonyl (C=O) groups excluding carboxylic acids is 2. The molecule has 0 aliphatic rings. The Bertz CT molecular complexity index is 1040. The lowest BCUT2D eigenvalue weighted by atomic mass is 9.99. The van der Waals surface area contributed by atoms with E-state index in [4.69, 9.17) is 9.47 Å². The Morgan fingerprint density at radius 3 is 2.33 bits per heavy atom. The van der Waals surface area contributed by atoms with Gasteiger partial charge in [0.15, 0.2) is 6.61 Å². The number of amides is 1. The lowest BCUT2D eigenvalue weighted by molar-refractivity contribution is -0.118. The molecule has 5 nitrogen and oxygen atoms in total. The molecule has 0 aliphatic heterocycles. The van der Waals surface area contributed by atoms with E-state index in [2.05, 4.69) is 28.2 Å². The number of hydrogen-bond donors (Lipinski definition) is 1. The van der Waals surface area contributed by atoms with Gasteiger partial charge in [-0.05, 0) is 48.7 Å². The molecule has 0 bridgehead atoms. The highest BCUT2D eigenvalue weighted by Gasteiger charge is 2.25. The summed E-state index contributed by atoms with van der Waals surface area (Å²) in [6.45, 7) is 3.85. The third-order valence-corrected chi connectivity index (χ3v) is 6.11. The summed E-state index contributed by atoms with van der Waals surface area (Å²) in [6, 6.07) is 15.3. The molecule has 0 unspecified atom stereocenters. The smallest absolute Gasteiger partial charge is 0.341 e. The Labute approximate surface area is 188 Å². The van der Waals surface area contributed by atoms with E-state index in [-0.39, 0.29) is 12.5 Å². The monoisotopic (exact) mass is 487 g/mol. The van der Waals surface area contributed by atoms with Gasteiger partial charge in [0.2, 0.25) is 0 Å². The van der Waals surface area contributed by atoms with Crippen molar-refractivity contribution in [2.24, 2.45) is 0 Å². The topological polar surface area (TPSA) is 64.6 Å². The maximum Gasteiger partial charge on any atom is 0.341 e. The Hall–Kier alpha value is -2.64. The number of thiophene rings is 1. The second kappa shape index (κ2) is 9.91. The van der Waals surface area contributed by atoms with E-state index in [9.17, 15) is 9.59 Å². The zero-order valence-corrected chi connectivity index (χ0v) is 19.4. The molecule has 0 saturated carbocycles. The number of anilines is 1. The van der Waals surface area contributed by atoms with Gasteiger partial charge in [0.1, 0.15) is 16.3 Å². The third kappa shape index (κ3) is 5.09. The van der Waals surface area contributed by atoms with Gasteiger partial charge in [-0.1, -0.05) is 47.1 Å². The zero-order chi connectivity index (χ0) is 21.7. The minimum Gasteiger partial charge on any atom is -0.484 e. The van der Waals surface area contributed by atoms with Crippen LogP contribution in [0, 0.1) is 6.92 Å². The lowest BCUT2D eigenvalue weighted by Gasteiger charge is -2.09. The Balaban J connectivity index is 1.84. The number of nitrogens with one attached hydrogen (secondary N) is 1. The summed E-state index contributed by atoms with van der Waals surface area (Å²) in [5.74, 6) is -0.254. The van der Waals surface area contributed by atoms with Gasteiger partial charge in [-0.2, -0.15) is 0 Å². The summed E-state index contributed by atoms with van der Waals surface area (Å²) in [7, 11) is 1.33. The van der Waals surface area contributed by atoms with Crippen molar-refractivity contribution < 1.29 is 19.1 Å². The van der Waals surface area contributed by atoms with E-state index in [1.54, 1.807) is 12.1 Å². The fraction of sp³-hybridized carbons (Fsp3) is 0.217. The van der Waals surface area contributed by atoms with Crippen molar-refractivity contribution in [3.63, 3.8) is 0 Å². The second-order valence-electron chi connectivity index (χ2n) is 6.57. The maximum atomic E-state index is 12.6. The molecule has 3 aromatic rings. The molecule has 1 N–H and O–H groups in total. The summed E-state index contributed by atoms with van der Waals surface area (Å²) >= 11 is 4.70. The number of methoxy groups -OCH3 is 1. The molecule has 3 rings (SSSR count). The van der Waals surface area contributed by atoms with Crippen molar-refractivity contribution >= 4 is 44.1 Å². The number of halogens is 1. The number of rotatable bonds is 7. The van der Waals surface area contributed by atoms with Crippen LogP contribution >= 0.6 is 27.3 Å². The summed E-state index contributed by atoms with van der Waals surface area (Å²) in [5.41, 5.74) is 3.26. The first-order chi connectivity index (χ1) is 14.4. The molecule has 156 valence electrons. The number of esters is 1. The van der Waals surface area contributed by atoms with Crippen LogP contribution in [-0.4, -0.2) is 25.6 Å². The van der Waals surface area contributed by atoms with Crippen molar-refractivity contribution in [2.45, 2.75) is 20.3 Å². The van der Waals surface area contributed by atoms with E-state index in [1.807, 2.05) is 43.3 Å². The van der Waals surface area contributed by atoms with Gasteiger partial charge in [-0.25, -0.2) is 4.79 Å². The summed E-state index contributed by atoms with van der Waals surface area (Å²) in [5, 5.41) is 3.26. The maximum absolute atomic E-state index is 12.6. The number of carbonyl (C=O) groups is 2. The average molecular weight is 488 g/mol. The molecule has 0 fully saturated rings. The minimum absolute atomic E-state index is 0.167. The van der Waals surface area contributed by atoms with E-state index in [1.165, 1.54) is 24.0 Å². The molecule has 0 aliphatic carbocycles. The van der Waals surface area contributed by atoms with Gasteiger partial charge >= 0.3 is 5.97 Å². The first-order valence-corrected chi connectivity index (χ1v) is 11.0. The molecular weight excluding hydrogens is 466 g/mol. The molecule has 0 spiro atoms. The van der Waals surface area contributed by atoms with Crippen molar-refractivity contribution in [3.05, 3.63) is 69.0 Å². The van der Waals surface area contributed by atoms with Crippen LogP contribution in [0.4, 0.5) is 5.00 Å². The number of ether oxygens (including phenoxy) is 2. The summed E-state index contributed by atoms with van der Waals surface area (Å²) < 4.78 is 11.5. The minimum atomic E-state index is -0.488. The predicted molar refractivity (Wildman–Crippen MR) is 123 cm³/mol. The Morgan fingerprint density at radius 1 is 1.07 bits per heavy atom. The fourth-order valence-corrected chi connectivity index (χ4v) is 4.37. The third-order valence-electron chi connectivity index (χ3n) is 4.56. The van der Waals surface area contributed by atoms with Crippen LogP contribution in [0.2, 0.25) is 0 Å². The van der Waals surface area contributed by atoms with E-state index < -0.39 is 5.97 Å². The molecule has 1 aromatic heterocycles. The molecule has 0 saturated heterocycles. The molecule has 0 radical (unpaired) electrons. The van der Waals surface area contributed by atoms with Gasteiger partial charge in [-0.3, -0.25) is 4.79 Å². The molecule has 1 amide bonds. The summed E-state index contributed by atoms with van der Waals surface area (Å²) in [4.78, 5) is 25.9. The van der Waals surface area contributed by atoms with E-state index in [0.29, 0.717) is 16.3 Å². The van der Waals surface area contributed by atoms with Crippen LogP contribution in [0.5, 0.6) is 5.75 Å². The summed E-state index contributed by atoms with van der Waals surface area (Å²) in [6.07, 6.45) is 0.937. The lowest BCUT2D eigenvalue weighted by Crippen LogP contribution is -2.21. The van der Waals surface area contributed by atoms with Crippen LogP contribution < -0.4 is 10.1 Å². The van der Waals surface area contributed by atoms with Crippen LogP contribution in [-0.2, 0) is 16.0 Å². The van der Waals surface area contributed by atoms with Gasteiger partial charge < -0.3 is 14.8 Å². The Morgan fingerprint density at radius 2 is 1.73 bits per heavy atom. The first-order valence-electron chi connectivity index (χ1n) is 9.42. The largest absolute Gasteiger partial charge is 0.484 e. The van der Waals surface area contributed by atoms with Gasteiger partial charge in [0, 0.05) is 14.9 Å². The fourth-order valence-electron chi connectivity index (χ4n) is 3.03. The zero-order valence-electron chi connectivity index (χ0n) is 17.0. The molecule has 30 heavy (non-hydrogen) atoms. The van der Waals surface area contributed by atoms with Crippen LogP contribution in [0.25, 0.3) is 11.1 Å². The van der Waals surface area contributed by atoms with E-state index in [0.717, 1.165) is 26.9 Å². The molecule has 0 atom stereocenters. The number of hydrogen-bond acceptors (Lipinski definition) is 5. The normalized spacial score (nSPS) is 10.5. The quantitative estimate of drug-likeness (QED) is 0.424. The number of aryl methyl sites for hydroxylation is 2. The standard InChI is InChI=1S/C23H22BrNO4S/c1-4-15-5-7-16(8-6-15)20-14(2)30-22(21(20)23(27)28-3)25-19(26)13-29-18-11-9-17(24)10-12-18/h5-12H,4,13H2,1-3H3,(H,25,26). The highest BCUT2D eigenvalue weighted by Crippen LogP contribution is 2.40. The van der Waals surface area contributed by atoms with Crippen LogP contribution in [0.1, 0.15) is 27.7 Å². The Kier molecular flexibility index (Phi) is 7.29. The van der Waals surface area contributed by atoms with Gasteiger partial charge in [0.25, 0.3) is 5.91 Å². The van der Waals surface area contributed by atoms with Crippen molar-refractivity contribution in [3.8, 4) is 16.9 Å². The molecule has 7 heteroatoms. The highest BCUT2D eigenvalue weighted by atomic mass is 79.9. The van der Waals surface area contributed by atoms with Gasteiger partial charge in [-0.15, -0.1) is 11.3 Å². The van der Waals surface area contributed by atoms with Crippen molar-refractivity contribution in [1.29, 1.82) is 0 Å². The SMILES string of the molecule is CCc1ccc(-c2c(C)sc(NC(=O)COc3ccc(Br)cc3)c2C(=O)OC)cc1. The highest BCUT2D eigenvalue weighted by molar-refractivity contribution is 9.10. The van der Waals surface area contributed by atoms with Crippen LogP contribution in [0.3, 0.4) is 0 Å². The second-order valence-corrected chi connectivity index (χ2v) is 8.71. The molecule has 2 aromatic carbocycles. The van der Waals surface area contributed by atoms with Gasteiger partial charge in [0.05, 0.1) is 7.11 Å². The van der Waals surface area contributed by atoms with E-state index >= 15 is 0 Å². The average Bonchev–Trinajstić information content (AvgIpc) is 3.08. The molecular formula is C23H22BrNO4S. The van der Waals surface area contributed by atoms with Crippen molar-refractivity contribution in [2.75, 3.05) is 19.0 Å². The molecule has 1 heterocycles. The van der Waals surface area contributed by atoms with Crippen LogP contribution in [0.15, 0.2) is 53.0 Å². The predicted octanol–water partition coefficient (Wildman–Crippen LogP) is 5.85. The van der Waals surface area contributed by atoms with Crippen molar-refractivity contribution in [1.82, 2.24) is 0 Å². The first kappa shape index (κ1) is 22.1. The number of benzene rings is 2.